The summed E-state index contributed by atoms with van der Waals surface area (Å²) in [4.78, 5) is 29.5. The Morgan fingerprint density at radius 1 is 1.11 bits per heavy atom. The van der Waals surface area contributed by atoms with Crippen LogP contribution in [0, 0.1) is 0 Å². The van der Waals surface area contributed by atoms with Crippen molar-refractivity contribution in [3.8, 4) is 0 Å². The highest BCUT2D eigenvalue weighted by atomic mass is 16.6. The van der Waals surface area contributed by atoms with Crippen LogP contribution in [0.4, 0.5) is 4.79 Å². The van der Waals surface area contributed by atoms with Gasteiger partial charge < -0.3 is 19.3 Å². The van der Waals surface area contributed by atoms with Gasteiger partial charge in [0.2, 0.25) is 5.91 Å². The molecule has 6 nitrogen and oxygen atoms in total. The van der Waals surface area contributed by atoms with E-state index in [2.05, 4.69) is 50.3 Å². The van der Waals surface area contributed by atoms with E-state index in [-0.39, 0.29) is 12.0 Å². The number of carbonyl (C=O) groups excluding carboxylic acids is 2. The largest absolute Gasteiger partial charge is 0.444 e. The summed E-state index contributed by atoms with van der Waals surface area (Å²) in [6.07, 6.45) is 11.3. The maximum atomic E-state index is 13.1. The first-order chi connectivity index (χ1) is 17.0. The minimum Gasteiger partial charge on any atom is -0.444 e. The first-order valence-electron chi connectivity index (χ1n) is 13.2. The molecule has 0 radical (unpaired) electrons. The number of amides is 2. The van der Waals surface area contributed by atoms with E-state index in [4.69, 9.17) is 9.47 Å². The minimum absolute atomic E-state index is 0.0100. The number of allylic oxidation sites excluding steroid dienone is 3. The van der Waals surface area contributed by atoms with Gasteiger partial charge in [-0.25, -0.2) is 4.79 Å². The third kappa shape index (κ3) is 4.75. The number of fused-ring (bicyclic) bond motifs is 2. The van der Waals surface area contributed by atoms with E-state index in [1.165, 1.54) is 5.57 Å². The number of hydrogen-bond donors (Lipinski definition) is 0. The molecule has 0 bridgehead atoms. The third-order valence-corrected chi connectivity index (χ3v) is 7.36. The molecule has 2 fully saturated rings. The molecule has 2 amide bonds. The van der Waals surface area contributed by atoms with Crippen molar-refractivity contribution in [2.45, 2.75) is 84.2 Å². The fourth-order valence-electron chi connectivity index (χ4n) is 5.67. The molecule has 194 valence electrons. The van der Waals surface area contributed by atoms with E-state index >= 15 is 0 Å². The number of hydrogen-bond acceptors (Lipinski definition) is 4. The molecule has 1 aliphatic carbocycles. The highest BCUT2D eigenvalue weighted by Crippen LogP contribution is 2.53. The lowest BCUT2D eigenvalue weighted by atomic mass is 9.81. The van der Waals surface area contributed by atoms with Crippen LogP contribution in [0.25, 0.3) is 6.08 Å². The molecule has 2 spiro atoms. The monoisotopic (exact) mass is 492 g/mol. The van der Waals surface area contributed by atoms with E-state index in [1.54, 1.807) is 11.8 Å². The van der Waals surface area contributed by atoms with Crippen LogP contribution >= 0.6 is 0 Å². The topological polar surface area (TPSA) is 59.1 Å². The first kappa shape index (κ1) is 26.2. The molecule has 3 aliphatic rings. The Morgan fingerprint density at radius 3 is 2.42 bits per heavy atom. The van der Waals surface area contributed by atoms with Crippen molar-refractivity contribution in [2.24, 2.45) is 0 Å². The number of piperidine rings is 1. The molecule has 2 saturated heterocycles. The maximum Gasteiger partial charge on any atom is 0.410 e. The average molecular weight is 493 g/mol. The van der Waals surface area contributed by atoms with Gasteiger partial charge in [-0.2, -0.15) is 0 Å². The third-order valence-electron chi connectivity index (χ3n) is 7.36. The number of carbonyl (C=O) groups is 2. The molecule has 4 rings (SSSR count). The fourth-order valence-corrected chi connectivity index (χ4v) is 5.67. The van der Waals surface area contributed by atoms with Gasteiger partial charge >= 0.3 is 6.09 Å². The Balaban J connectivity index is 1.77. The van der Waals surface area contributed by atoms with Crippen molar-refractivity contribution in [2.75, 3.05) is 19.6 Å². The van der Waals surface area contributed by atoms with Crippen LogP contribution in [0.5, 0.6) is 0 Å². The summed E-state index contributed by atoms with van der Waals surface area (Å²) in [7, 11) is 0. The number of likely N-dealkylation sites (tertiary alicyclic amines) is 1. The zero-order valence-corrected chi connectivity index (χ0v) is 22.6. The first-order valence-corrected chi connectivity index (χ1v) is 13.2. The van der Waals surface area contributed by atoms with Gasteiger partial charge in [0.15, 0.2) is 0 Å². The van der Waals surface area contributed by atoms with Crippen LogP contribution in [-0.2, 0) is 19.9 Å². The summed E-state index contributed by atoms with van der Waals surface area (Å²) in [5, 5.41) is 0. The van der Waals surface area contributed by atoms with Gasteiger partial charge in [0.1, 0.15) is 16.9 Å². The van der Waals surface area contributed by atoms with Crippen LogP contribution < -0.4 is 0 Å². The van der Waals surface area contributed by atoms with Gasteiger partial charge in [0.05, 0.1) is 6.54 Å². The smallest absolute Gasteiger partial charge is 0.410 e. The van der Waals surface area contributed by atoms with E-state index in [0.717, 1.165) is 29.5 Å². The zero-order chi connectivity index (χ0) is 26.1. The number of nitrogens with zero attached hydrogens (tertiary/aromatic N) is 2. The normalized spacial score (nSPS) is 23.5. The Morgan fingerprint density at radius 2 is 1.81 bits per heavy atom. The Labute approximate surface area is 215 Å². The van der Waals surface area contributed by atoms with E-state index < -0.39 is 16.9 Å². The summed E-state index contributed by atoms with van der Waals surface area (Å²) in [6.45, 7) is 12.9. The van der Waals surface area contributed by atoms with Crippen molar-refractivity contribution in [3.05, 3.63) is 64.8 Å². The van der Waals surface area contributed by atoms with E-state index in [0.29, 0.717) is 32.5 Å². The van der Waals surface area contributed by atoms with Crippen LogP contribution in [0.15, 0.2) is 53.6 Å². The quantitative estimate of drug-likeness (QED) is 0.505. The molecule has 2 heterocycles. The van der Waals surface area contributed by atoms with E-state index in [9.17, 15) is 9.59 Å². The SMILES string of the molecule is CC/C=C\C1=C(CC)C=Cc2ccccc2C12CN(C(C)=O)C1(CCN(C(=O)OC(C)(C)C)CC1)O2. The van der Waals surface area contributed by atoms with Crippen molar-refractivity contribution in [1.29, 1.82) is 0 Å². The van der Waals surface area contributed by atoms with Crippen LogP contribution in [-0.4, -0.2) is 52.8 Å². The summed E-state index contributed by atoms with van der Waals surface area (Å²) >= 11 is 0. The molecule has 36 heavy (non-hydrogen) atoms. The van der Waals surface area contributed by atoms with Gasteiger partial charge in [-0.15, -0.1) is 0 Å². The number of rotatable bonds is 3. The molecule has 0 N–H and O–H groups in total. The predicted molar refractivity (Wildman–Crippen MR) is 142 cm³/mol. The summed E-state index contributed by atoms with van der Waals surface area (Å²) < 4.78 is 12.9. The summed E-state index contributed by atoms with van der Waals surface area (Å²) in [6, 6.07) is 8.34. The maximum absolute atomic E-state index is 13.1. The van der Waals surface area contributed by atoms with E-state index in [1.807, 2.05) is 37.8 Å². The Kier molecular flexibility index (Phi) is 7.20. The summed E-state index contributed by atoms with van der Waals surface area (Å²) in [5.41, 5.74) is 2.40. The minimum atomic E-state index is -0.786. The molecule has 0 saturated carbocycles. The molecule has 1 unspecified atom stereocenters. The molecule has 6 heteroatoms. The van der Waals surface area contributed by atoms with Gasteiger partial charge in [-0.05, 0) is 55.9 Å². The Hall–Kier alpha value is -2.86. The summed E-state index contributed by atoms with van der Waals surface area (Å²) in [5.74, 6) is -0.0100. The van der Waals surface area contributed by atoms with Gasteiger partial charge in [0.25, 0.3) is 0 Å². The van der Waals surface area contributed by atoms with Gasteiger partial charge in [-0.1, -0.05) is 62.4 Å². The highest BCUT2D eigenvalue weighted by molar-refractivity contribution is 5.76. The molecular weight excluding hydrogens is 452 g/mol. The lowest BCUT2D eigenvalue weighted by Crippen LogP contribution is -2.55. The lowest BCUT2D eigenvalue weighted by molar-refractivity contribution is -0.170. The second-order valence-corrected chi connectivity index (χ2v) is 11.0. The highest BCUT2D eigenvalue weighted by Gasteiger charge is 2.59. The molecule has 1 aromatic rings. The molecular formula is C30H40N2O4. The predicted octanol–water partition coefficient (Wildman–Crippen LogP) is 6.19. The van der Waals surface area contributed by atoms with Crippen molar-refractivity contribution < 1.29 is 19.1 Å². The number of ether oxygens (including phenoxy) is 2. The van der Waals surface area contributed by atoms with Crippen LogP contribution in [0.3, 0.4) is 0 Å². The van der Waals surface area contributed by atoms with Crippen molar-refractivity contribution in [3.63, 3.8) is 0 Å². The van der Waals surface area contributed by atoms with Gasteiger partial charge in [-0.3, -0.25) is 4.79 Å². The van der Waals surface area contributed by atoms with Crippen molar-refractivity contribution in [1.82, 2.24) is 9.80 Å². The molecule has 2 aliphatic heterocycles. The molecule has 1 atom stereocenters. The average Bonchev–Trinajstić information content (AvgIpc) is 3.09. The van der Waals surface area contributed by atoms with Crippen LogP contribution in [0.2, 0.25) is 0 Å². The number of benzene rings is 1. The lowest BCUT2D eigenvalue weighted by Gasteiger charge is -2.44. The standard InChI is InChI=1S/C30H40N2O4/c1-7-9-13-25-23(8-2)15-16-24-12-10-11-14-26(24)30(25)21-32(22(3)33)29(36-30)17-19-31(20-18-29)27(34)35-28(4,5)6/h9-16H,7-8,17-21H2,1-6H3/b13-9-. The molecule has 0 aromatic heterocycles. The second kappa shape index (κ2) is 9.89. The van der Waals surface area contributed by atoms with Crippen molar-refractivity contribution >= 4 is 18.1 Å². The van der Waals surface area contributed by atoms with Gasteiger partial charge in [0, 0.05) is 32.9 Å². The Bertz CT molecular complexity index is 1100. The second-order valence-electron chi connectivity index (χ2n) is 11.0. The molecule has 1 aromatic carbocycles. The zero-order valence-electron chi connectivity index (χ0n) is 22.6. The fraction of sp³-hybridized carbons (Fsp3) is 0.533. The van der Waals surface area contributed by atoms with Crippen LogP contribution in [0.1, 0.15) is 78.4 Å².